The maximum Gasteiger partial charge on any atom is 0.0781 e. The monoisotopic (exact) mass is 394 g/mol. The summed E-state index contributed by atoms with van der Waals surface area (Å²) in [6.07, 6.45) is 0.172. The van der Waals surface area contributed by atoms with Gasteiger partial charge in [-0.25, -0.2) is 0 Å². The third-order valence-corrected chi connectivity index (χ3v) is 3.88. The van der Waals surface area contributed by atoms with Crippen LogP contribution in [-0.4, -0.2) is 90.5 Å². The molecule has 7 nitrogen and oxygen atoms in total. The summed E-state index contributed by atoms with van der Waals surface area (Å²) in [5, 5.41) is 0. The summed E-state index contributed by atoms with van der Waals surface area (Å²) < 4.78 is 38.8. The minimum absolute atomic E-state index is 0.00556. The van der Waals surface area contributed by atoms with E-state index in [0.717, 1.165) is 0 Å². The van der Waals surface area contributed by atoms with Crippen LogP contribution < -0.4 is 0 Å². The lowest BCUT2D eigenvalue weighted by molar-refractivity contribution is -0.102. The number of methoxy groups -OCH3 is 2. The van der Waals surface area contributed by atoms with Crippen LogP contribution >= 0.6 is 0 Å². The fourth-order valence-corrected chi connectivity index (χ4v) is 2.04. The Hall–Kier alpha value is -0.280. The summed E-state index contributed by atoms with van der Waals surface area (Å²) in [4.78, 5) is 0. The molecule has 0 heterocycles. The van der Waals surface area contributed by atoms with Crippen molar-refractivity contribution >= 4 is 0 Å². The molecule has 0 amide bonds. The van der Waals surface area contributed by atoms with Gasteiger partial charge in [-0.1, -0.05) is 0 Å². The molecule has 0 spiro atoms. The fourth-order valence-electron chi connectivity index (χ4n) is 2.04. The van der Waals surface area contributed by atoms with Crippen molar-refractivity contribution in [2.75, 3.05) is 53.9 Å². The SMILES string of the molecule is COCC(C)OCC(C)OCC(C)OCC(C)OCC(C)OCC(C)OC. The van der Waals surface area contributed by atoms with Gasteiger partial charge in [-0.05, 0) is 41.5 Å². The van der Waals surface area contributed by atoms with E-state index in [4.69, 9.17) is 33.2 Å². The lowest BCUT2D eigenvalue weighted by Crippen LogP contribution is -2.29. The highest BCUT2D eigenvalue weighted by atomic mass is 16.6. The van der Waals surface area contributed by atoms with Crippen LogP contribution in [0.5, 0.6) is 0 Å². The van der Waals surface area contributed by atoms with E-state index in [1.165, 1.54) is 0 Å². The van der Waals surface area contributed by atoms with E-state index in [0.29, 0.717) is 39.6 Å². The zero-order chi connectivity index (χ0) is 20.7. The highest BCUT2D eigenvalue weighted by Crippen LogP contribution is 2.04. The van der Waals surface area contributed by atoms with E-state index in [2.05, 4.69) is 0 Å². The van der Waals surface area contributed by atoms with Crippen molar-refractivity contribution in [3.63, 3.8) is 0 Å². The van der Waals surface area contributed by atoms with E-state index >= 15 is 0 Å². The summed E-state index contributed by atoms with van der Waals surface area (Å²) in [5.41, 5.74) is 0. The Morgan fingerprint density at radius 3 is 0.926 bits per heavy atom. The topological polar surface area (TPSA) is 64.6 Å². The van der Waals surface area contributed by atoms with Gasteiger partial charge in [-0.15, -0.1) is 0 Å². The normalized spacial score (nSPS) is 18.7. The number of hydrogen-bond donors (Lipinski definition) is 0. The minimum atomic E-state index is -0.00822. The Bertz CT molecular complexity index is 329. The first-order valence-corrected chi connectivity index (χ1v) is 9.88. The summed E-state index contributed by atoms with van der Waals surface area (Å²) in [6.45, 7) is 15.2. The van der Waals surface area contributed by atoms with Gasteiger partial charge in [-0.3, -0.25) is 0 Å². The van der Waals surface area contributed by atoms with Crippen LogP contribution in [0.3, 0.4) is 0 Å². The first-order valence-electron chi connectivity index (χ1n) is 9.88. The number of rotatable bonds is 18. The second kappa shape index (κ2) is 16.7. The van der Waals surface area contributed by atoms with E-state index in [1.54, 1.807) is 14.2 Å². The van der Waals surface area contributed by atoms with Gasteiger partial charge < -0.3 is 33.2 Å². The Morgan fingerprint density at radius 1 is 0.407 bits per heavy atom. The van der Waals surface area contributed by atoms with Crippen LogP contribution in [0, 0.1) is 0 Å². The van der Waals surface area contributed by atoms with Gasteiger partial charge in [0.05, 0.1) is 76.3 Å². The van der Waals surface area contributed by atoms with Gasteiger partial charge in [-0.2, -0.15) is 0 Å². The third kappa shape index (κ3) is 16.4. The lowest BCUT2D eigenvalue weighted by Gasteiger charge is -2.22. The van der Waals surface area contributed by atoms with Gasteiger partial charge in [0.25, 0.3) is 0 Å². The van der Waals surface area contributed by atoms with Crippen molar-refractivity contribution in [1.82, 2.24) is 0 Å². The molecular weight excluding hydrogens is 352 g/mol. The third-order valence-electron chi connectivity index (χ3n) is 3.88. The van der Waals surface area contributed by atoms with Gasteiger partial charge in [0.2, 0.25) is 0 Å². The maximum absolute atomic E-state index is 5.79. The quantitative estimate of drug-likeness (QED) is 0.354. The molecule has 0 bridgehead atoms. The predicted molar refractivity (Wildman–Crippen MR) is 105 cm³/mol. The van der Waals surface area contributed by atoms with E-state index in [1.807, 2.05) is 41.5 Å². The molecule has 0 N–H and O–H groups in total. The summed E-state index contributed by atoms with van der Waals surface area (Å²) in [6, 6.07) is 0. The molecule has 0 aliphatic rings. The molecule has 0 aromatic carbocycles. The molecule has 27 heavy (non-hydrogen) atoms. The zero-order valence-electron chi connectivity index (χ0n) is 18.6. The number of ether oxygens (including phenoxy) is 7. The second-order valence-corrected chi connectivity index (χ2v) is 7.22. The van der Waals surface area contributed by atoms with Crippen LogP contribution in [0.1, 0.15) is 41.5 Å². The standard InChI is InChI=1S/C20H42O7/c1-15(22-8)10-23-17(3)12-25-19(5)14-27-20(6)13-26-18(4)11-24-16(2)9-21-7/h15-20H,9-14H2,1-8H3. The van der Waals surface area contributed by atoms with Crippen molar-refractivity contribution in [3.05, 3.63) is 0 Å². The van der Waals surface area contributed by atoms with Crippen LogP contribution in [0.15, 0.2) is 0 Å². The molecule has 164 valence electrons. The van der Waals surface area contributed by atoms with Gasteiger partial charge in [0.15, 0.2) is 0 Å². The number of hydrogen-bond acceptors (Lipinski definition) is 7. The van der Waals surface area contributed by atoms with Crippen LogP contribution in [0.4, 0.5) is 0 Å². The Balaban J connectivity index is 3.74. The molecular formula is C20H42O7. The molecule has 0 aromatic heterocycles. The van der Waals surface area contributed by atoms with Crippen molar-refractivity contribution in [3.8, 4) is 0 Å². The Labute approximate surface area is 165 Å². The average molecular weight is 395 g/mol. The first-order chi connectivity index (χ1) is 12.8. The molecule has 6 unspecified atom stereocenters. The molecule has 0 fully saturated rings. The minimum Gasteiger partial charge on any atom is -0.382 e. The van der Waals surface area contributed by atoms with Gasteiger partial charge >= 0.3 is 0 Å². The zero-order valence-corrected chi connectivity index (χ0v) is 18.6. The predicted octanol–water partition coefficient (Wildman–Crippen LogP) is 2.69. The maximum atomic E-state index is 5.79. The largest absolute Gasteiger partial charge is 0.382 e. The summed E-state index contributed by atoms with van der Waals surface area (Å²) in [5.74, 6) is 0. The highest BCUT2D eigenvalue weighted by molar-refractivity contribution is 4.58. The summed E-state index contributed by atoms with van der Waals surface area (Å²) in [7, 11) is 3.34. The first kappa shape index (κ1) is 26.7. The van der Waals surface area contributed by atoms with Gasteiger partial charge in [0.1, 0.15) is 0 Å². The average Bonchev–Trinajstić information content (AvgIpc) is 2.65. The molecule has 0 aliphatic heterocycles. The van der Waals surface area contributed by atoms with Crippen LogP contribution in [-0.2, 0) is 33.2 Å². The van der Waals surface area contributed by atoms with Crippen LogP contribution in [0.2, 0.25) is 0 Å². The van der Waals surface area contributed by atoms with Crippen molar-refractivity contribution in [1.29, 1.82) is 0 Å². The highest BCUT2D eigenvalue weighted by Gasteiger charge is 2.13. The fraction of sp³-hybridized carbons (Fsp3) is 1.00. The summed E-state index contributed by atoms with van der Waals surface area (Å²) >= 11 is 0. The van der Waals surface area contributed by atoms with E-state index in [9.17, 15) is 0 Å². The molecule has 0 radical (unpaired) electrons. The van der Waals surface area contributed by atoms with E-state index < -0.39 is 0 Å². The molecule has 0 saturated heterocycles. The molecule has 0 aliphatic carbocycles. The van der Waals surface area contributed by atoms with E-state index in [-0.39, 0.29) is 36.6 Å². The molecule has 0 aromatic rings. The Kier molecular flexibility index (Phi) is 16.5. The lowest BCUT2D eigenvalue weighted by atomic mass is 10.3. The molecule has 7 heteroatoms. The van der Waals surface area contributed by atoms with Crippen LogP contribution in [0.25, 0.3) is 0 Å². The Morgan fingerprint density at radius 2 is 0.667 bits per heavy atom. The van der Waals surface area contributed by atoms with Crippen molar-refractivity contribution in [2.45, 2.75) is 78.2 Å². The molecule has 0 saturated carbocycles. The van der Waals surface area contributed by atoms with Crippen molar-refractivity contribution in [2.24, 2.45) is 0 Å². The van der Waals surface area contributed by atoms with Crippen molar-refractivity contribution < 1.29 is 33.2 Å². The second-order valence-electron chi connectivity index (χ2n) is 7.22. The molecule has 0 rings (SSSR count). The molecule has 6 atom stereocenters. The van der Waals surface area contributed by atoms with Gasteiger partial charge in [0, 0.05) is 14.2 Å². The smallest absolute Gasteiger partial charge is 0.0781 e.